The summed E-state index contributed by atoms with van der Waals surface area (Å²) in [6.45, 7) is 0. The Labute approximate surface area is 88.3 Å². The second kappa shape index (κ2) is 5.47. The van der Waals surface area contributed by atoms with Gasteiger partial charge >= 0.3 is 5.97 Å². The molecule has 0 aliphatic carbocycles. The molecule has 1 aromatic rings. The summed E-state index contributed by atoms with van der Waals surface area (Å²) >= 11 is 0. The molecule has 4 nitrogen and oxygen atoms in total. The number of carboxylic acid groups (broad SMARTS) is 1. The van der Waals surface area contributed by atoms with Gasteiger partial charge in [0, 0.05) is 5.69 Å². The standard InChI is InChI=1S/C9H12N2O2.ClH/c10-7-3-1-2-6(4-7)5-8(11)9(12)13;/h1-4,8H,5,10-11H2,(H,12,13);1H. The third-order valence-corrected chi connectivity index (χ3v) is 1.72. The second-order valence-corrected chi connectivity index (χ2v) is 2.89. The van der Waals surface area contributed by atoms with E-state index in [2.05, 4.69) is 0 Å². The molecule has 78 valence electrons. The maximum atomic E-state index is 10.4. The van der Waals surface area contributed by atoms with Crippen LogP contribution in [0.3, 0.4) is 0 Å². The van der Waals surface area contributed by atoms with Crippen LogP contribution in [0.1, 0.15) is 5.56 Å². The van der Waals surface area contributed by atoms with Crippen molar-refractivity contribution in [2.75, 3.05) is 5.73 Å². The normalized spacial score (nSPS) is 11.5. The molecule has 0 saturated heterocycles. The summed E-state index contributed by atoms with van der Waals surface area (Å²) in [5.74, 6) is -0.998. The number of halogens is 1. The Bertz CT molecular complexity index is 317. The van der Waals surface area contributed by atoms with Crippen LogP contribution in [0.5, 0.6) is 0 Å². The maximum Gasteiger partial charge on any atom is 0.320 e. The summed E-state index contributed by atoms with van der Waals surface area (Å²) in [5, 5.41) is 8.56. The minimum Gasteiger partial charge on any atom is -0.480 e. The van der Waals surface area contributed by atoms with Crippen molar-refractivity contribution in [3.63, 3.8) is 0 Å². The number of benzene rings is 1. The van der Waals surface area contributed by atoms with E-state index < -0.39 is 12.0 Å². The van der Waals surface area contributed by atoms with Gasteiger partial charge in [0.1, 0.15) is 6.04 Å². The van der Waals surface area contributed by atoms with Gasteiger partial charge in [0.15, 0.2) is 0 Å². The highest BCUT2D eigenvalue weighted by atomic mass is 35.5. The smallest absolute Gasteiger partial charge is 0.320 e. The lowest BCUT2D eigenvalue weighted by atomic mass is 10.1. The zero-order valence-corrected chi connectivity index (χ0v) is 8.33. The van der Waals surface area contributed by atoms with Gasteiger partial charge in [-0.15, -0.1) is 12.4 Å². The topological polar surface area (TPSA) is 89.3 Å². The fraction of sp³-hybridized carbons (Fsp3) is 0.222. The fourth-order valence-electron chi connectivity index (χ4n) is 1.06. The molecule has 0 radical (unpaired) electrons. The summed E-state index contributed by atoms with van der Waals surface area (Å²) in [6, 6.07) is 6.19. The molecule has 0 heterocycles. The Balaban J connectivity index is 0.00000169. The van der Waals surface area contributed by atoms with E-state index in [9.17, 15) is 4.79 Å². The molecule has 5 heteroatoms. The fourth-order valence-corrected chi connectivity index (χ4v) is 1.06. The molecule has 1 unspecified atom stereocenters. The summed E-state index contributed by atoms with van der Waals surface area (Å²) < 4.78 is 0. The van der Waals surface area contributed by atoms with Crippen molar-refractivity contribution in [2.24, 2.45) is 5.73 Å². The number of hydrogen-bond acceptors (Lipinski definition) is 3. The van der Waals surface area contributed by atoms with Crippen molar-refractivity contribution in [3.05, 3.63) is 29.8 Å². The number of nitrogens with two attached hydrogens (primary N) is 2. The number of rotatable bonds is 3. The predicted octanol–water partition coefficient (Wildman–Crippen LogP) is 0.645. The molecule has 0 spiro atoms. The highest BCUT2D eigenvalue weighted by molar-refractivity contribution is 5.85. The highest BCUT2D eigenvalue weighted by Gasteiger charge is 2.11. The van der Waals surface area contributed by atoms with Gasteiger partial charge in [0.2, 0.25) is 0 Å². The molecule has 0 amide bonds. The van der Waals surface area contributed by atoms with E-state index in [1.54, 1.807) is 24.3 Å². The summed E-state index contributed by atoms with van der Waals surface area (Å²) in [5.41, 5.74) is 12.3. The molecule has 1 atom stereocenters. The minimum atomic E-state index is -0.998. The molecule has 0 saturated carbocycles. The SMILES string of the molecule is Cl.Nc1cccc(CC(N)C(=O)O)c1. The van der Waals surface area contributed by atoms with Crippen molar-refractivity contribution in [3.8, 4) is 0 Å². The van der Waals surface area contributed by atoms with E-state index >= 15 is 0 Å². The molecular formula is C9H13ClN2O2. The molecule has 0 bridgehead atoms. The lowest BCUT2D eigenvalue weighted by Gasteiger charge is -2.06. The van der Waals surface area contributed by atoms with Crippen LogP contribution in [0.25, 0.3) is 0 Å². The summed E-state index contributed by atoms with van der Waals surface area (Å²) in [6.07, 6.45) is 0.306. The third kappa shape index (κ3) is 3.64. The van der Waals surface area contributed by atoms with Gasteiger partial charge in [-0.25, -0.2) is 0 Å². The number of carbonyl (C=O) groups is 1. The van der Waals surface area contributed by atoms with E-state index in [0.717, 1.165) is 5.56 Å². The van der Waals surface area contributed by atoms with E-state index in [0.29, 0.717) is 12.1 Å². The van der Waals surface area contributed by atoms with Crippen molar-refractivity contribution in [1.29, 1.82) is 0 Å². The number of aliphatic carboxylic acids is 1. The first-order chi connectivity index (χ1) is 6.09. The Morgan fingerprint density at radius 2 is 2.14 bits per heavy atom. The monoisotopic (exact) mass is 216 g/mol. The lowest BCUT2D eigenvalue weighted by Crippen LogP contribution is -2.32. The minimum absolute atomic E-state index is 0. The average Bonchev–Trinajstić information content (AvgIpc) is 2.04. The molecule has 14 heavy (non-hydrogen) atoms. The zero-order valence-electron chi connectivity index (χ0n) is 7.51. The summed E-state index contributed by atoms with van der Waals surface area (Å²) in [4.78, 5) is 10.4. The van der Waals surface area contributed by atoms with E-state index in [1.165, 1.54) is 0 Å². The van der Waals surface area contributed by atoms with Gasteiger partial charge in [0.05, 0.1) is 0 Å². The van der Waals surface area contributed by atoms with Crippen LogP contribution in [0, 0.1) is 0 Å². The molecule has 0 aliphatic heterocycles. The predicted molar refractivity (Wildman–Crippen MR) is 57.4 cm³/mol. The first kappa shape index (κ1) is 12.7. The van der Waals surface area contributed by atoms with E-state index in [1.807, 2.05) is 0 Å². The van der Waals surface area contributed by atoms with Crippen LogP contribution >= 0.6 is 12.4 Å². The quantitative estimate of drug-likeness (QED) is 0.647. The molecular weight excluding hydrogens is 204 g/mol. The van der Waals surface area contributed by atoms with Crippen LogP contribution < -0.4 is 11.5 Å². The van der Waals surface area contributed by atoms with E-state index in [-0.39, 0.29) is 12.4 Å². The number of hydrogen-bond donors (Lipinski definition) is 3. The largest absolute Gasteiger partial charge is 0.480 e. The average molecular weight is 217 g/mol. The zero-order chi connectivity index (χ0) is 9.84. The molecule has 1 aromatic carbocycles. The summed E-state index contributed by atoms with van der Waals surface area (Å²) in [7, 11) is 0. The van der Waals surface area contributed by atoms with Crippen LogP contribution in [0.4, 0.5) is 5.69 Å². The Hall–Kier alpha value is -1.26. The van der Waals surface area contributed by atoms with Crippen LogP contribution in [0.15, 0.2) is 24.3 Å². The molecule has 0 aromatic heterocycles. The molecule has 5 N–H and O–H groups in total. The van der Waals surface area contributed by atoms with Gasteiger partial charge in [-0.2, -0.15) is 0 Å². The van der Waals surface area contributed by atoms with Gasteiger partial charge in [-0.05, 0) is 24.1 Å². The third-order valence-electron chi connectivity index (χ3n) is 1.72. The van der Waals surface area contributed by atoms with E-state index in [4.69, 9.17) is 16.6 Å². The first-order valence-corrected chi connectivity index (χ1v) is 3.92. The van der Waals surface area contributed by atoms with Crippen molar-refractivity contribution in [2.45, 2.75) is 12.5 Å². The van der Waals surface area contributed by atoms with Gasteiger partial charge in [0.25, 0.3) is 0 Å². The van der Waals surface area contributed by atoms with Crippen LogP contribution in [-0.2, 0) is 11.2 Å². The number of anilines is 1. The number of nitrogen functional groups attached to an aromatic ring is 1. The second-order valence-electron chi connectivity index (χ2n) is 2.89. The van der Waals surface area contributed by atoms with Crippen molar-refractivity contribution < 1.29 is 9.90 Å². The lowest BCUT2D eigenvalue weighted by molar-refractivity contribution is -0.138. The van der Waals surface area contributed by atoms with Crippen molar-refractivity contribution >= 4 is 24.1 Å². The van der Waals surface area contributed by atoms with Gasteiger partial charge in [-0.1, -0.05) is 12.1 Å². The van der Waals surface area contributed by atoms with Crippen molar-refractivity contribution in [1.82, 2.24) is 0 Å². The van der Waals surface area contributed by atoms with Gasteiger partial charge in [-0.3, -0.25) is 4.79 Å². The van der Waals surface area contributed by atoms with Crippen LogP contribution in [0.2, 0.25) is 0 Å². The number of carboxylic acids is 1. The first-order valence-electron chi connectivity index (χ1n) is 3.92. The maximum absolute atomic E-state index is 10.4. The Morgan fingerprint density at radius 1 is 1.50 bits per heavy atom. The Kier molecular flexibility index (Phi) is 4.97. The molecule has 0 fully saturated rings. The Morgan fingerprint density at radius 3 is 2.64 bits per heavy atom. The highest BCUT2D eigenvalue weighted by Crippen LogP contribution is 2.08. The molecule has 1 rings (SSSR count). The van der Waals surface area contributed by atoms with Crippen LogP contribution in [-0.4, -0.2) is 17.1 Å². The van der Waals surface area contributed by atoms with Gasteiger partial charge < -0.3 is 16.6 Å². The molecule has 0 aliphatic rings.